The van der Waals surface area contributed by atoms with Crippen LogP contribution in [-0.2, 0) is 6.54 Å². The van der Waals surface area contributed by atoms with Crippen LogP contribution in [0.15, 0.2) is 24.3 Å². The van der Waals surface area contributed by atoms with Crippen molar-refractivity contribution in [3.05, 3.63) is 30.0 Å². The number of piperidine rings is 1. The largest absolute Gasteiger partial charge is 1.00 e. The van der Waals surface area contributed by atoms with Crippen molar-refractivity contribution in [2.75, 3.05) is 25.5 Å². The van der Waals surface area contributed by atoms with Crippen LogP contribution in [0.5, 0.6) is 0 Å². The third-order valence-electron chi connectivity index (χ3n) is 4.57. The average Bonchev–Trinajstić information content (AvgIpc) is 2.88. The molecule has 0 aliphatic carbocycles. The quantitative estimate of drug-likeness (QED) is 0.700. The maximum atomic E-state index is 12.8. The van der Waals surface area contributed by atoms with Gasteiger partial charge >= 0.3 is 35.7 Å². The monoisotopic (exact) mass is 377 g/mol. The van der Waals surface area contributed by atoms with Crippen molar-refractivity contribution in [2.24, 2.45) is 0 Å². The zero-order valence-corrected chi connectivity index (χ0v) is 16.8. The predicted molar refractivity (Wildman–Crippen MR) is 86.5 cm³/mol. The Hall–Kier alpha value is -1.22. The fraction of sp³-hybridized carbons (Fsp3) is 0.471. The summed E-state index contributed by atoms with van der Waals surface area (Å²) in [7, 11) is 2.04. The summed E-state index contributed by atoms with van der Waals surface area (Å²) < 4.78 is 39.3. The van der Waals surface area contributed by atoms with Crippen LogP contribution in [-0.4, -0.2) is 47.8 Å². The molecule has 0 bridgehead atoms. The molecule has 1 aliphatic heterocycles. The van der Waals surface area contributed by atoms with Crippen molar-refractivity contribution < 1.29 is 52.6 Å². The van der Waals surface area contributed by atoms with Gasteiger partial charge in [-0.1, -0.05) is 6.07 Å². The van der Waals surface area contributed by atoms with Gasteiger partial charge in [-0.3, -0.25) is 0 Å². The third kappa shape index (κ3) is 4.73. The van der Waals surface area contributed by atoms with Gasteiger partial charge in [0.25, 0.3) is 0 Å². The van der Waals surface area contributed by atoms with Gasteiger partial charge in [-0.05, 0) is 51.2 Å². The Morgan fingerprint density at radius 1 is 1.31 bits per heavy atom. The summed E-state index contributed by atoms with van der Waals surface area (Å²) in [5, 5.41) is 15.1. The Morgan fingerprint density at radius 3 is 2.54 bits per heavy atom. The van der Waals surface area contributed by atoms with Gasteiger partial charge in [-0.15, -0.1) is 0 Å². The number of carboxylic acid groups (broad SMARTS) is 1. The maximum absolute atomic E-state index is 12.8. The van der Waals surface area contributed by atoms with E-state index >= 15 is 0 Å². The summed E-state index contributed by atoms with van der Waals surface area (Å²) in [5.74, 6) is -1.62. The first kappa shape index (κ1) is 21.1. The maximum Gasteiger partial charge on any atom is 1.00 e. The number of aromatic carboxylic acids is 1. The first-order valence-corrected chi connectivity index (χ1v) is 8.10. The normalized spacial score (nSPS) is 16.5. The van der Waals surface area contributed by atoms with Crippen molar-refractivity contribution in [3.63, 3.8) is 0 Å². The molecule has 0 atom stereocenters. The van der Waals surface area contributed by atoms with E-state index in [-0.39, 0.29) is 41.1 Å². The second-order valence-corrected chi connectivity index (χ2v) is 6.48. The van der Waals surface area contributed by atoms with E-state index in [0.29, 0.717) is 11.1 Å². The van der Waals surface area contributed by atoms with E-state index in [9.17, 15) is 23.1 Å². The number of nitrogens with zero attached hydrogens (tertiary/aromatic N) is 2. The van der Waals surface area contributed by atoms with E-state index < -0.39 is 24.4 Å². The SMILES string of the molecule is CN1CCC(Nc2cccc3c2cc(C(=O)[O-])n3CC(F)(F)F)CC1.[Na+]. The number of nitrogens with one attached hydrogen (secondary N) is 1. The summed E-state index contributed by atoms with van der Waals surface area (Å²) >= 11 is 0. The summed E-state index contributed by atoms with van der Waals surface area (Å²) in [5.41, 5.74) is 0.412. The minimum Gasteiger partial charge on any atom is -0.543 e. The molecule has 1 fully saturated rings. The molecule has 9 heteroatoms. The van der Waals surface area contributed by atoms with Crippen molar-refractivity contribution in [1.29, 1.82) is 0 Å². The molecule has 5 nitrogen and oxygen atoms in total. The van der Waals surface area contributed by atoms with Gasteiger partial charge in [0.15, 0.2) is 0 Å². The van der Waals surface area contributed by atoms with Crippen molar-refractivity contribution in [3.8, 4) is 0 Å². The first-order chi connectivity index (χ1) is 11.7. The van der Waals surface area contributed by atoms with Gasteiger partial charge in [0.05, 0.1) is 17.2 Å². The Kier molecular flexibility index (Phi) is 6.65. The van der Waals surface area contributed by atoms with Crippen molar-refractivity contribution in [2.45, 2.75) is 31.6 Å². The molecule has 0 radical (unpaired) electrons. The molecule has 0 saturated carbocycles. The number of hydrogen-bond acceptors (Lipinski definition) is 4. The first-order valence-electron chi connectivity index (χ1n) is 8.10. The molecule has 1 saturated heterocycles. The number of carbonyl (C=O) groups is 1. The number of fused-ring (bicyclic) bond motifs is 1. The summed E-state index contributed by atoms with van der Waals surface area (Å²) in [4.78, 5) is 13.5. The van der Waals surface area contributed by atoms with Crippen molar-refractivity contribution in [1.82, 2.24) is 9.47 Å². The molecule has 2 heterocycles. The molecule has 3 rings (SSSR count). The molecule has 0 unspecified atom stereocenters. The molecular formula is C17H19F3N3NaO2. The zero-order chi connectivity index (χ0) is 18.2. The van der Waals surface area contributed by atoms with Crippen LogP contribution in [0.4, 0.5) is 18.9 Å². The van der Waals surface area contributed by atoms with E-state index in [1.807, 2.05) is 7.05 Å². The van der Waals surface area contributed by atoms with Gasteiger partial charge in [-0.2, -0.15) is 13.2 Å². The number of halogens is 3. The number of rotatable bonds is 4. The number of likely N-dealkylation sites (tertiary alicyclic amines) is 1. The number of carbonyl (C=O) groups excluding carboxylic acids is 1. The van der Waals surface area contributed by atoms with Gasteiger partial charge < -0.3 is 24.7 Å². The minimum absolute atomic E-state index is 0. The van der Waals surface area contributed by atoms with E-state index in [1.54, 1.807) is 12.1 Å². The van der Waals surface area contributed by atoms with E-state index in [2.05, 4.69) is 10.2 Å². The number of alkyl halides is 3. The molecule has 26 heavy (non-hydrogen) atoms. The summed E-state index contributed by atoms with van der Waals surface area (Å²) in [6.45, 7) is 0.511. The Morgan fingerprint density at radius 2 is 1.96 bits per heavy atom. The van der Waals surface area contributed by atoms with Crippen LogP contribution in [0.2, 0.25) is 0 Å². The Balaban J connectivity index is 0.00000243. The van der Waals surface area contributed by atoms with Gasteiger partial charge in [0.2, 0.25) is 0 Å². The molecule has 1 N–H and O–H groups in total. The van der Waals surface area contributed by atoms with Gasteiger partial charge in [-0.25, -0.2) is 0 Å². The van der Waals surface area contributed by atoms with Gasteiger partial charge in [0, 0.05) is 17.1 Å². The van der Waals surface area contributed by atoms with Crippen LogP contribution in [0.25, 0.3) is 10.9 Å². The molecule has 1 aliphatic rings. The topological polar surface area (TPSA) is 60.3 Å². The zero-order valence-electron chi connectivity index (χ0n) is 14.8. The second-order valence-electron chi connectivity index (χ2n) is 6.48. The second kappa shape index (κ2) is 8.21. The number of aromatic nitrogens is 1. The number of hydrogen-bond donors (Lipinski definition) is 1. The third-order valence-corrected chi connectivity index (χ3v) is 4.57. The molecule has 2 aromatic rings. The van der Waals surface area contributed by atoms with Crippen molar-refractivity contribution >= 4 is 22.6 Å². The standard InChI is InChI=1S/C17H20F3N3O2.Na/c1-22-7-5-11(6-8-22)21-13-3-2-4-14-12(13)9-15(16(24)25)23(14)10-17(18,19)20;/h2-4,9,11,21H,5-8,10H2,1H3,(H,24,25);/q;+1/p-1. The van der Waals surface area contributed by atoms with E-state index in [0.717, 1.165) is 30.5 Å². The Bertz CT molecular complexity index is 783. The van der Waals surface area contributed by atoms with Gasteiger partial charge in [0.1, 0.15) is 6.54 Å². The number of benzene rings is 1. The summed E-state index contributed by atoms with van der Waals surface area (Å²) in [6.07, 6.45) is -2.68. The van der Waals surface area contributed by atoms with Crippen LogP contribution in [0.1, 0.15) is 23.3 Å². The molecular weight excluding hydrogens is 358 g/mol. The number of anilines is 1. The summed E-state index contributed by atoms with van der Waals surface area (Å²) in [6, 6.07) is 6.35. The van der Waals surface area contributed by atoms with Crippen LogP contribution < -0.4 is 40.0 Å². The molecule has 0 amide bonds. The predicted octanol–water partition coefficient (Wildman–Crippen LogP) is -0.923. The minimum atomic E-state index is -4.52. The van der Waals surface area contributed by atoms with Crippen LogP contribution in [0.3, 0.4) is 0 Å². The number of carboxylic acids is 1. The Labute approximate surface area is 171 Å². The molecule has 0 spiro atoms. The fourth-order valence-electron chi connectivity index (χ4n) is 3.30. The van der Waals surface area contributed by atoms with E-state index in [4.69, 9.17) is 0 Å². The average molecular weight is 377 g/mol. The fourth-order valence-corrected chi connectivity index (χ4v) is 3.30. The molecule has 136 valence electrons. The molecule has 1 aromatic heterocycles. The smallest absolute Gasteiger partial charge is 0.543 e. The van der Waals surface area contributed by atoms with Crippen LogP contribution in [0, 0.1) is 0 Å². The molecule has 1 aromatic carbocycles. The van der Waals surface area contributed by atoms with Crippen LogP contribution >= 0.6 is 0 Å². The van der Waals surface area contributed by atoms with E-state index in [1.165, 1.54) is 12.1 Å².